The van der Waals surface area contributed by atoms with E-state index in [0.29, 0.717) is 23.7 Å². The Morgan fingerprint density at radius 1 is 0.700 bits per heavy atom. The summed E-state index contributed by atoms with van der Waals surface area (Å²) in [4.78, 5) is 25.0. The maximum absolute atomic E-state index is 12.5. The SMILES string of the molecule is CC(C)[C@@H]1CC[C@@H](C)C[C@H]1OC(=O)C(O)C(O)C(=O)O[C@@H]1C[C@H](C)CC[C@H]1C(C)C. The lowest BCUT2D eigenvalue weighted by atomic mass is 9.75. The van der Waals surface area contributed by atoms with Gasteiger partial charge in [-0.25, -0.2) is 9.59 Å². The molecular weight excluding hydrogens is 384 g/mol. The average molecular weight is 427 g/mol. The molecule has 0 spiro atoms. The highest BCUT2D eigenvalue weighted by Crippen LogP contribution is 2.37. The van der Waals surface area contributed by atoms with Crippen LogP contribution in [0.2, 0.25) is 0 Å². The molecule has 2 N–H and O–H groups in total. The predicted octanol–water partition coefficient (Wildman–Crippen LogP) is 3.72. The van der Waals surface area contributed by atoms with E-state index in [4.69, 9.17) is 9.47 Å². The Labute approximate surface area is 181 Å². The first-order valence-corrected chi connectivity index (χ1v) is 11.8. The molecule has 2 unspecified atom stereocenters. The molecule has 0 aromatic heterocycles. The third-order valence-corrected chi connectivity index (χ3v) is 7.24. The normalized spacial score (nSPS) is 34.5. The molecule has 0 aromatic carbocycles. The summed E-state index contributed by atoms with van der Waals surface area (Å²) in [5.74, 6) is 0.126. The molecule has 8 atom stereocenters. The summed E-state index contributed by atoms with van der Waals surface area (Å²) in [5.41, 5.74) is 0. The van der Waals surface area contributed by atoms with Crippen LogP contribution in [0, 0.1) is 35.5 Å². The molecule has 2 fully saturated rings. The molecule has 0 bridgehead atoms. The van der Waals surface area contributed by atoms with Crippen LogP contribution in [0.5, 0.6) is 0 Å². The minimum absolute atomic E-state index is 0.219. The molecule has 0 saturated heterocycles. The largest absolute Gasteiger partial charge is 0.460 e. The van der Waals surface area contributed by atoms with Crippen molar-refractivity contribution < 1.29 is 29.3 Å². The summed E-state index contributed by atoms with van der Waals surface area (Å²) in [5, 5.41) is 20.6. The molecule has 6 heteroatoms. The number of aliphatic hydroxyl groups excluding tert-OH is 2. The van der Waals surface area contributed by atoms with Gasteiger partial charge in [-0.3, -0.25) is 0 Å². The lowest BCUT2D eigenvalue weighted by Gasteiger charge is -2.38. The van der Waals surface area contributed by atoms with E-state index >= 15 is 0 Å². The highest BCUT2D eigenvalue weighted by atomic mass is 16.6. The Morgan fingerprint density at radius 2 is 1.03 bits per heavy atom. The van der Waals surface area contributed by atoms with Gasteiger partial charge in [-0.2, -0.15) is 0 Å². The summed E-state index contributed by atoms with van der Waals surface area (Å²) < 4.78 is 11.2. The van der Waals surface area contributed by atoms with Gasteiger partial charge in [0.15, 0.2) is 12.2 Å². The van der Waals surface area contributed by atoms with E-state index in [1.807, 2.05) is 0 Å². The van der Waals surface area contributed by atoms with Crippen molar-refractivity contribution in [1.29, 1.82) is 0 Å². The van der Waals surface area contributed by atoms with Gasteiger partial charge in [0, 0.05) is 0 Å². The second kappa shape index (κ2) is 10.9. The van der Waals surface area contributed by atoms with Crippen LogP contribution in [-0.4, -0.2) is 46.6 Å². The highest BCUT2D eigenvalue weighted by Gasteiger charge is 2.40. The van der Waals surface area contributed by atoms with E-state index in [-0.39, 0.29) is 24.0 Å². The van der Waals surface area contributed by atoms with Gasteiger partial charge in [-0.1, -0.05) is 54.4 Å². The Hall–Kier alpha value is -1.14. The molecule has 0 amide bonds. The lowest BCUT2D eigenvalue weighted by molar-refractivity contribution is -0.185. The van der Waals surface area contributed by atoms with Crippen LogP contribution in [0.1, 0.15) is 80.1 Å². The van der Waals surface area contributed by atoms with E-state index < -0.39 is 24.1 Å². The fourth-order valence-corrected chi connectivity index (χ4v) is 5.20. The maximum Gasteiger partial charge on any atom is 0.338 e. The van der Waals surface area contributed by atoms with E-state index in [1.54, 1.807) is 0 Å². The topological polar surface area (TPSA) is 93.1 Å². The van der Waals surface area contributed by atoms with Crippen molar-refractivity contribution in [2.75, 3.05) is 0 Å². The van der Waals surface area contributed by atoms with Gasteiger partial charge < -0.3 is 19.7 Å². The van der Waals surface area contributed by atoms with Crippen LogP contribution in [0.4, 0.5) is 0 Å². The molecule has 6 nitrogen and oxygen atoms in total. The van der Waals surface area contributed by atoms with Crippen molar-refractivity contribution in [3.8, 4) is 0 Å². The molecule has 0 heterocycles. The van der Waals surface area contributed by atoms with Gasteiger partial charge in [0.25, 0.3) is 0 Å². The minimum atomic E-state index is -1.93. The number of carbonyl (C=O) groups is 2. The number of hydrogen-bond acceptors (Lipinski definition) is 6. The molecule has 2 rings (SSSR count). The van der Waals surface area contributed by atoms with Crippen molar-refractivity contribution in [3.05, 3.63) is 0 Å². The number of ether oxygens (including phenoxy) is 2. The smallest absolute Gasteiger partial charge is 0.338 e. The zero-order valence-electron chi connectivity index (χ0n) is 19.5. The van der Waals surface area contributed by atoms with Gasteiger partial charge in [-0.15, -0.1) is 0 Å². The summed E-state index contributed by atoms with van der Waals surface area (Å²) in [6.07, 6.45) is 1.11. The van der Waals surface area contributed by atoms with Crippen LogP contribution in [0.25, 0.3) is 0 Å². The molecule has 2 saturated carbocycles. The summed E-state index contributed by atoms with van der Waals surface area (Å²) in [6.45, 7) is 12.6. The number of esters is 2. The summed E-state index contributed by atoms with van der Waals surface area (Å²) in [6, 6.07) is 0. The molecule has 2 aliphatic rings. The third kappa shape index (κ3) is 6.43. The van der Waals surface area contributed by atoms with Gasteiger partial charge in [0.1, 0.15) is 12.2 Å². The second-order valence-electron chi connectivity index (χ2n) is 10.5. The van der Waals surface area contributed by atoms with E-state index in [9.17, 15) is 19.8 Å². The van der Waals surface area contributed by atoms with Gasteiger partial charge in [-0.05, 0) is 61.2 Å². The standard InChI is InChI=1S/C24H42O6/c1-13(2)17-9-7-15(5)11-19(17)29-23(27)21(25)22(26)24(28)30-20-12-16(6)8-10-18(20)14(3)4/h13-22,25-26H,7-12H2,1-6H3/t15-,16-,17+,18+,19-,20-,21?,22?/m1/s1. The van der Waals surface area contributed by atoms with Crippen molar-refractivity contribution in [3.63, 3.8) is 0 Å². The zero-order valence-corrected chi connectivity index (χ0v) is 19.5. The molecule has 0 aromatic rings. The maximum atomic E-state index is 12.5. The van der Waals surface area contributed by atoms with Crippen molar-refractivity contribution >= 4 is 11.9 Å². The number of aliphatic hydroxyl groups is 2. The average Bonchev–Trinajstić information content (AvgIpc) is 2.66. The van der Waals surface area contributed by atoms with Crippen LogP contribution < -0.4 is 0 Å². The van der Waals surface area contributed by atoms with Crippen LogP contribution >= 0.6 is 0 Å². The molecule has 0 radical (unpaired) electrons. The van der Waals surface area contributed by atoms with Gasteiger partial charge in [0.2, 0.25) is 0 Å². The van der Waals surface area contributed by atoms with Crippen molar-refractivity contribution in [2.45, 2.75) is 104 Å². The predicted molar refractivity (Wildman–Crippen MR) is 114 cm³/mol. The first kappa shape index (κ1) is 25.1. The third-order valence-electron chi connectivity index (χ3n) is 7.24. The second-order valence-corrected chi connectivity index (χ2v) is 10.5. The van der Waals surface area contributed by atoms with E-state index in [2.05, 4.69) is 41.5 Å². The molecule has 30 heavy (non-hydrogen) atoms. The molecular formula is C24H42O6. The summed E-state index contributed by atoms with van der Waals surface area (Å²) >= 11 is 0. The van der Waals surface area contributed by atoms with Gasteiger partial charge >= 0.3 is 11.9 Å². The fraction of sp³-hybridized carbons (Fsp3) is 0.917. The Morgan fingerprint density at radius 3 is 1.33 bits per heavy atom. The monoisotopic (exact) mass is 426 g/mol. The first-order chi connectivity index (χ1) is 14.0. The quantitative estimate of drug-likeness (QED) is 0.603. The summed E-state index contributed by atoms with van der Waals surface area (Å²) in [7, 11) is 0. The minimum Gasteiger partial charge on any atom is -0.460 e. The van der Waals surface area contributed by atoms with Crippen molar-refractivity contribution in [2.24, 2.45) is 35.5 Å². The van der Waals surface area contributed by atoms with Crippen LogP contribution in [-0.2, 0) is 19.1 Å². The van der Waals surface area contributed by atoms with Gasteiger partial charge in [0.05, 0.1) is 0 Å². The zero-order chi connectivity index (χ0) is 22.6. The lowest BCUT2D eigenvalue weighted by Crippen LogP contribution is -2.47. The Kier molecular flexibility index (Phi) is 9.16. The Balaban J connectivity index is 1.96. The highest BCUT2D eigenvalue weighted by molar-refractivity contribution is 5.85. The van der Waals surface area contributed by atoms with E-state index in [0.717, 1.165) is 38.5 Å². The van der Waals surface area contributed by atoms with Crippen LogP contribution in [0.15, 0.2) is 0 Å². The van der Waals surface area contributed by atoms with Crippen LogP contribution in [0.3, 0.4) is 0 Å². The fourth-order valence-electron chi connectivity index (χ4n) is 5.20. The number of carbonyl (C=O) groups excluding carboxylic acids is 2. The Bertz CT molecular complexity index is 524. The number of hydrogen-bond donors (Lipinski definition) is 2. The number of rotatable bonds is 7. The molecule has 174 valence electrons. The first-order valence-electron chi connectivity index (χ1n) is 11.8. The molecule has 0 aliphatic heterocycles. The van der Waals surface area contributed by atoms with E-state index in [1.165, 1.54) is 0 Å². The van der Waals surface area contributed by atoms with Crippen molar-refractivity contribution in [1.82, 2.24) is 0 Å². The molecule has 2 aliphatic carbocycles.